The molecule has 0 radical (unpaired) electrons. The van der Waals surface area contributed by atoms with Crippen LogP contribution < -0.4 is 10.1 Å². The predicted octanol–water partition coefficient (Wildman–Crippen LogP) is 2.22. The molecule has 6 unspecified atom stereocenters. The van der Waals surface area contributed by atoms with Crippen molar-refractivity contribution >= 4 is 52.9 Å². The Hall–Kier alpha value is -2.84. The van der Waals surface area contributed by atoms with E-state index in [4.69, 9.17) is 27.9 Å². The summed E-state index contributed by atoms with van der Waals surface area (Å²) in [5.74, 6) is -4.29. The summed E-state index contributed by atoms with van der Waals surface area (Å²) in [5, 5.41) is 12.3. The van der Waals surface area contributed by atoms with Crippen LogP contribution in [-0.4, -0.2) is 57.5 Å². The van der Waals surface area contributed by atoms with Crippen LogP contribution in [0.15, 0.2) is 35.9 Å². The third kappa shape index (κ3) is 2.84. The lowest BCUT2D eigenvalue weighted by Gasteiger charge is -2.49. The zero-order chi connectivity index (χ0) is 24.6. The van der Waals surface area contributed by atoms with Crippen molar-refractivity contribution in [3.05, 3.63) is 41.5 Å². The van der Waals surface area contributed by atoms with E-state index in [0.717, 1.165) is 10.5 Å². The number of ether oxygens (including phenoxy) is 1. The van der Waals surface area contributed by atoms with Crippen LogP contribution in [0.2, 0.25) is 0 Å². The average molecular weight is 505 g/mol. The Morgan fingerprint density at radius 2 is 1.88 bits per heavy atom. The Labute approximate surface area is 205 Å². The Bertz CT molecular complexity index is 1210. The van der Waals surface area contributed by atoms with E-state index in [1.165, 1.54) is 20.2 Å². The molecule has 2 aliphatic carbocycles. The Kier molecular flexibility index (Phi) is 5.11. The fourth-order valence-electron chi connectivity index (χ4n) is 5.91. The first kappa shape index (κ1) is 22.9. The SMILES string of the molecule is COc1cc(C=CC2C3=CCC4C(=O)NC(=O)C4C3CC3(Cl)C(=O)N(C)C(=O)C23Cl)ccc1O. The van der Waals surface area contributed by atoms with E-state index in [0.29, 0.717) is 12.0 Å². The number of nitrogens with one attached hydrogen (secondary N) is 1. The number of methoxy groups -OCH3 is 1. The molecule has 6 atom stereocenters. The van der Waals surface area contributed by atoms with Gasteiger partial charge in [0.15, 0.2) is 21.2 Å². The lowest BCUT2D eigenvalue weighted by atomic mass is 9.57. The van der Waals surface area contributed by atoms with Gasteiger partial charge in [-0.3, -0.25) is 29.4 Å². The van der Waals surface area contributed by atoms with Crippen molar-refractivity contribution in [2.24, 2.45) is 23.7 Å². The van der Waals surface area contributed by atoms with Gasteiger partial charge < -0.3 is 9.84 Å². The number of rotatable bonds is 3. The first-order valence-electron chi connectivity index (χ1n) is 10.8. The zero-order valence-electron chi connectivity index (χ0n) is 18.4. The lowest BCUT2D eigenvalue weighted by molar-refractivity contribution is -0.138. The molecule has 0 bridgehead atoms. The van der Waals surface area contributed by atoms with Gasteiger partial charge in [-0.05, 0) is 36.5 Å². The number of halogens is 2. The maximum atomic E-state index is 13.3. The molecule has 1 aromatic rings. The van der Waals surface area contributed by atoms with Gasteiger partial charge in [0, 0.05) is 13.0 Å². The van der Waals surface area contributed by atoms with Crippen molar-refractivity contribution in [1.82, 2.24) is 10.2 Å². The van der Waals surface area contributed by atoms with Gasteiger partial charge in [-0.25, -0.2) is 0 Å². The van der Waals surface area contributed by atoms with Gasteiger partial charge in [0.1, 0.15) is 0 Å². The number of imide groups is 2. The number of benzene rings is 1. The van der Waals surface area contributed by atoms with Crippen LogP contribution in [0.4, 0.5) is 0 Å². The summed E-state index contributed by atoms with van der Waals surface area (Å²) < 4.78 is 5.16. The molecule has 34 heavy (non-hydrogen) atoms. The fourth-order valence-corrected chi connectivity index (χ4v) is 6.88. The van der Waals surface area contributed by atoms with Crippen LogP contribution in [0, 0.1) is 23.7 Å². The maximum absolute atomic E-state index is 13.3. The average Bonchev–Trinajstić information content (AvgIpc) is 3.17. The number of alkyl halides is 2. The summed E-state index contributed by atoms with van der Waals surface area (Å²) in [7, 11) is 2.77. The summed E-state index contributed by atoms with van der Waals surface area (Å²) in [6.07, 6.45) is 5.56. The van der Waals surface area contributed by atoms with E-state index in [-0.39, 0.29) is 23.8 Å². The summed E-state index contributed by atoms with van der Waals surface area (Å²) in [6.45, 7) is 0. The van der Waals surface area contributed by atoms with Crippen LogP contribution >= 0.6 is 23.2 Å². The van der Waals surface area contributed by atoms with Crippen molar-refractivity contribution in [3.8, 4) is 11.5 Å². The number of nitrogens with zero attached hydrogens (tertiary/aromatic N) is 1. The molecule has 2 heterocycles. The highest BCUT2D eigenvalue weighted by Crippen LogP contribution is 2.62. The van der Waals surface area contributed by atoms with Crippen LogP contribution in [0.1, 0.15) is 18.4 Å². The number of likely N-dealkylation sites (tertiary alicyclic amines) is 1. The minimum atomic E-state index is -1.80. The number of hydrogen-bond donors (Lipinski definition) is 2. The van der Waals surface area contributed by atoms with Crippen LogP contribution in [0.3, 0.4) is 0 Å². The van der Waals surface area contributed by atoms with Gasteiger partial charge in [-0.1, -0.05) is 29.9 Å². The number of amides is 4. The molecule has 3 fully saturated rings. The molecule has 2 saturated heterocycles. The van der Waals surface area contributed by atoms with E-state index >= 15 is 0 Å². The van der Waals surface area contributed by atoms with Gasteiger partial charge in [0.05, 0.1) is 18.9 Å². The molecular formula is C24H22Cl2N2O6. The first-order valence-corrected chi connectivity index (χ1v) is 11.6. The predicted molar refractivity (Wildman–Crippen MR) is 123 cm³/mol. The number of allylic oxidation sites excluding steroid dienone is 3. The highest BCUT2D eigenvalue weighted by Gasteiger charge is 2.74. The lowest BCUT2D eigenvalue weighted by Crippen LogP contribution is -2.60. The van der Waals surface area contributed by atoms with Crippen molar-refractivity contribution in [2.45, 2.75) is 22.6 Å². The molecule has 178 valence electrons. The van der Waals surface area contributed by atoms with Gasteiger partial charge in [0.25, 0.3) is 11.8 Å². The smallest absolute Gasteiger partial charge is 0.253 e. The second kappa shape index (κ2) is 7.58. The number of hydrogen-bond acceptors (Lipinski definition) is 6. The van der Waals surface area contributed by atoms with E-state index in [1.807, 2.05) is 6.08 Å². The molecule has 2 N–H and O–H groups in total. The Balaban J connectivity index is 1.65. The third-order valence-corrected chi connectivity index (χ3v) is 9.03. The zero-order valence-corrected chi connectivity index (χ0v) is 19.9. The van der Waals surface area contributed by atoms with Gasteiger partial charge >= 0.3 is 0 Å². The molecule has 2 aliphatic heterocycles. The second-order valence-electron chi connectivity index (χ2n) is 9.19. The van der Waals surface area contributed by atoms with Gasteiger partial charge in [-0.15, -0.1) is 23.2 Å². The third-order valence-electron chi connectivity index (χ3n) is 7.60. The summed E-state index contributed by atoms with van der Waals surface area (Å²) >= 11 is 13.9. The fraction of sp³-hybridized carbons (Fsp3) is 0.417. The standard InChI is InChI=1S/C24H22Cl2N2O6/c1-28-21(32)23(25)10-14-12(5-6-13-18(14)20(31)27-19(13)30)15(24(23,26)22(28)33)7-3-11-4-8-16(29)17(9-11)34-2/h3-5,7-9,13-15,18,29H,6,10H2,1-2H3,(H,27,30,31). The number of fused-ring (bicyclic) bond motifs is 4. The van der Waals surface area contributed by atoms with Crippen LogP contribution in [0.25, 0.3) is 6.08 Å². The summed E-state index contributed by atoms with van der Waals surface area (Å²) in [6, 6.07) is 4.75. The number of aromatic hydroxyl groups is 1. The molecule has 1 saturated carbocycles. The number of carbonyl (C=O) groups excluding carboxylic acids is 4. The summed E-state index contributed by atoms with van der Waals surface area (Å²) in [4.78, 5) is 48.8. The van der Waals surface area contributed by atoms with Crippen LogP contribution in [-0.2, 0) is 19.2 Å². The Morgan fingerprint density at radius 1 is 1.15 bits per heavy atom. The molecule has 10 heteroatoms. The van der Waals surface area contributed by atoms with Crippen LogP contribution in [0.5, 0.6) is 11.5 Å². The first-order chi connectivity index (χ1) is 16.0. The number of phenolic OH excluding ortho intramolecular Hbond substituents is 1. The maximum Gasteiger partial charge on any atom is 0.253 e. The normalized spacial score (nSPS) is 36.8. The molecule has 0 spiro atoms. The van der Waals surface area contributed by atoms with Crippen molar-refractivity contribution in [3.63, 3.8) is 0 Å². The molecule has 5 rings (SSSR count). The van der Waals surface area contributed by atoms with E-state index < -0.39 is 51.1 Å². The number of phenols is 1. The molecular weight excluding hydrogens is 483 g/mol. The highest BCUT2D eigenvalue weighted by molar-refractivity contribution is 6.53. The molecule has 0 aromatic heterocycles. The highest BCUT2D eigenvalue weighted by atomic mass is 35.5. The van der Waals surface area contributed by atoms with Gasteiger partial charge in [0.2, 0.25) is 11.8 Å². The monoisotopic (exact) mass is 504 g/mol. The summed E-state index contributed by atoms with van der Waals surface area (Å²) in [5.41, 5.74) is 1.38. The molecule has 4 amide bonds. The van der Waals surface area contributed by atoms with Crippen molar-refractivity contribution in [1.29, 1.82) is 0 Å². The number of carbonyl (C=O) groups is 4. The Morgan fingerprint density at radius 3 is 2.59 bits per heavy atom. The minimum absolute atomic E-state index is 0.0258. The van der Waals surface area contributed by atoms with Crippen molar-refractivity contribution < 1.29 is 29.0 Å². The van der Waals surface area contributed by atoms with E-state index in [9.17, 15) is 24.3 Å². The topological polar surface area (TPSA) is 113 Å². The molecule has 1 aromatic carbocycles. The second-order valence-corrected chi connectivity index (χ2v) is 10.4. The largest absolute Gasteiger partial charge is 0.504 e. The van der Waals surface area contributed by atoms with Crippen molar-refractivity contribution in [2.75, 3.05) is 14.2 Å². The quantitative estimate of drug-likeness (QED) is 0.370. The van der Waals surface area contributed by atoms with Gasteiger partial charge in [-0.2, -0.15) is 0 Å². The molecule has 4 aliphatic rings. The molecule has 8 nitrogen and oxygen atoms in total. The van der Waals surface area contributed by atoms with E-state index in [2.05, 4.69) is 5.32 Å². The minimum Gasteiger partial charge on any atom is -0.504 e. The van der Waals surface area contributed by atoms with E-state index in [1.54, 1.807) is 24.3 Å².